The van der Waals surface area contributed by atoms with Crippen molar-refractivity contribution in [2.24, 2.45) is 5.92 Å². The van der Waals surface area contributed by atoms with E-state index in [0.29, 0.717) is 31.6 Å². The molecule has 0 radical (unpaired) electrons. The first-order valence-corrected chi connectivity index (χ1v) is 8.13. The highest BCUT2D eigenvalue weighted by Gasteiger charge is 2.28. The van der Waals surface area contributed by atoms with Crippen LogP contribution in [-0.4, -0.2) is 36.3 Å². The summed E-state index contributed by atoms with van der Waals surface area (Å²) < 4.78 is 14.6. The average Bonchev–Trinajstić information content (AvgIpc) is 2.57. The van der Waals surface area contributed by atoms with Gasteiger partial charge < -0.3 is 15.5 Å². The summed E-state index contributed by atoms with van der Waals surface area (Å²) in [6, 6.07) is 3.49. The van der Waals surface area contributed by atoms with Crippen LogP contribution in [-0.2, 0) is 22.6 Å². The molecule has 0 aliphatic carbocycles. The number of hydrogen-bond acceptors (Lipinski definition) is 3. The lowest BCUT2D eigenvalue weighted by molar-refractivity contribution is -0.132. The second-order valence-corrected chi connectivity index (χ2v) is 6.28. The van der Waals surface area contributed by atoms with Crippen molar-refractivity contribution >= 4 is 17.5 Å². The lowest BCUT2D eigenvalue weighted by atomic mass is 9.96. The molecule has 0 spiro atoms. The summed E-state index contributed by atoms with van der Waals surface area (Å²) in [5, 5.41) is 5.92. The van der Waals surface area contributed by atoms with Gasteiger partial charge in [0.2, 0.25) is 11.8 Å². The third-order valence-corrected chi connectivity index (χ3v) is 4.70. The minimum atomic E-state index is -0.323. The molecule has 1 aromatic carbocycles. The zero-order chi connectivity index (χ0) is 16.4. The van der Waals surface area contributed by atoms with Gasteiger partial charge in [0, 0.05) is 26.6 Å². The molecule has 124 valence electrons. The molecule has 5 nitrogen and oxygen atoms in total. The Morgan fingerprint density at radius 3 is 3.00 bits per heavy atom. The fourth-order valence-corrected chi connectivity index (χ4v) is 3.34. The summed E-state index contributed by atoms with van der Waals surface area (Å²) in [5.41, 5.74) is 1.89. The van der Waals surface area contributed by atoms with Gasteiger partial charge in [-0.05, 0) is 43.0 Å². The first kappa shape index (κ1) is 15.9. The van der Waals surface area contributed by atoms with Crippen LogP contribution in [0, 0.1) is 11.7 Å². The van der Waals surface area contributed by atoms with Crippen LogP contribution in [0.25, 0.3) is 0 Å². The van der Waals surface area contributed by atoms with Crippen molar-refractivity contribution in [2.75, 3.05) is 25.0 Å². The molecular formula is C17H22FN3O2. The minimum Gasteiger partial charge on any atom is -0.342 e. The number of anilines is 1. The molecular weight excluding hydrogens is 297 g/mol. The standard InChI is InChI=1S/C17H22FN3O2/c1-11(22)21-8-2-3-13(10-21)17(23)20-15-5-4-12-9-19-7-6-14(12)16(15)18/h4-5,13,19H,2-3,6-10H2,1H3,(H,20,23). The van der Waals surface area contributed by atoms with Crippen LogP contribution in [0.15, 0.2) is 12.1 Å². The normalized spacial score (nSPS) is 20.8. The van der Waals surface area contributed by atoms with Crippen LogP contribution >= 0.6 is 0 Å². The van der Waals surface area contributed by atoms with E-state index in [9.17, 15) is 14.0 Å². The molecule has 6 heteroatoms. The fourth-order valence-electron chi connectivity index (χ4n) is 3.34. The molecule has 0 bridgehead atoms. The van der Waals surface area contributed by atoms with Gasteiger partial charge in [-0.15, -0.1) is 0 Å². The summed E-state index contributed by atoms with van der Waals surface area (Å²) in [4.78, 5) is 25.6. The van der Waals surface area contributed by atoms with E-state index in [-0.39, 0.29) is 29.2 Å². The van der Waals surface area contributed by atoms with Gasteiger partial charge in [0.15, 0.2) is 0 Å². The van der Waals surface area contributed by atoms with Gasteiger partial charge in [-0.25, -0.2) is 4.39 Å². The Balaban J connectivity index is 1.71. The second kappa shape index (κ2) is 6.66. The number of nitrogens with one attached hydrogen (secondary N) is 2. The number of halogens is 1. The number of likely N-dealkylation sites (tertiary alicyclic amines) is 1. The van der Waals surface area contributed by atoms with Crippen molar-refractivity contribution in [1.82, 2.24) is 10.2 Å². The number of rotatable bonds is 2. The van der Waals surface area contributed by atoms with Crippen LogP contribution in [0.5, 0.6) is 0 Å². The van der Waals surface area contributed by atoms with Crippen molar-refractivity contribution in [3.8, 4) is 0 Å². The molecule has 3 rings (SSSR count). The van der Waals surface area contributed by atoms with E-state index >= 15 is 0 Å². The number of nitrogens with zero attached hydrogens (tertiary/aromatic N) is 1. The molecule has 1 unspecified atom stereocenters. The molecule has 1 saturated heterocycles. The number of amides is 2. The van der Waals surface area contributed by atoms with E-state index in [1.165, 1.54) is 6.92 Å². The van der Waals surface area contributed by atoms with Crippen LogP contribution < -0.4 is 10.6 Å². The Morgan fingerprint density at radius 2 is 2.22 bits per heavy atom. The molecule has 1 aromatic rings. The molecule has 1 atom stereocenters. The quantitative estimate of drug-likeness (QED) is 0.872. The highest BCUT2D eigenvalue weighted by molar-refractivity contribution is 5.93. The number of benzene rings is 1. The SMILES string of the molecule is CC(=O)N1CCCC(C(=O)Nc2ccc3c(c2F)CCNC3)C1. The van der Waals surface area contributed by atoms with Gasteiger partial charge in [0.25, 0.3) is 0 Å². The molecule has 23 heavy (non-hydrogen) atoms. The number of piperidine rings is 1. The zero-order valence-electron chi connectivity index (χ0n) is 13.3. The van der Waals surface area contributed by atoms with Crippen LogP contribution in [0.3, 0.4) is 0 Å². The molecule has 2 amide bonds. The van der Waals surface area contributed by atoms with Crippen molar-refractivity contribution in [2.45, 2.75) is 32.7 Å². The van der Waals surface area contributed by atoms with E-state index in [1.54, 1.807) is 11.0 Å². The van der Waals surface area contributed by atoms with Crippen molar-refractivity contribution in [3.05, 3.63) is 29.1 Å². The van der Waals surface area contributed by atoms with Crippen LogP contribution in [0.2, 0.25) is 0 Å². The van der Waals surface area contributed by atoms with Crippen molar-refractivity contribution < 1.29 is 14.0 Å². The highest BCUT2D eigenvalue weighted by atomic mass is 19.1. The highest BCUT2D eigenvalue weighted by Crippen LogP contribution is 2.26. The maximum atomic E-state index is 14.6. The number of carbonyl (C=O) groups is 2. The third-order valence-electron chi connectivity index (χ3n) is 4.70. The van der Waals surface area contributed by atoms with E-state index in [0.717, 1.165) is 24.9 Å². The fraction of sp³-hybridized carbons (Fsp3) is 0.529. The number of carbonyl (C=O) groups excluding carboxylic acids is 2. The molecule has 2 aliphatic rings. The Morgan fingerprint density at radius 1 is 1.39 bits per heavy atom. The average molecular weight is 319 g/mol. The van der Waals surface area contributed by atoms with Gasteiger partial charge in [-0.3, -0.25) is 9.59 Å². The summed E-state index contributed by atoms with van der Waals surface area (Å²) in [6.45, 7) is 4.03. The maximum Gasteiger partial charge on any atom is 0.229 e. The van der Waals surface area contributed by atoms with E-state index in [2.05, 4.69) is 10.6 Å². The van der Waals surface area contributed by atoms with Gasteiger partial charge in [-0.2, -0.15) is 0 Å². The maximum absolute atomic E-state index is 14.6. The Kier molecular flexibility index (Phi) is 4.61. The van der Waals surface area contributed by atoms with Crippen LogP contribution in [0.1, 0.15) is 30.9 Å². The van der Waals surface area contributed by atoms with Gasteiger partial charge in [0.05, 0.1) is 11.6 Å². The number of fused-ring (bicyclic) bond motifs is 1. The Hall–Kier alpha value is -1.95. The summed E-state index contributed by atoms with van der Waals surface area (Å²) >= 11 is 0. The van der Waals surface area contributed by atoms with Gasteiger partial charge >= 0.3 is 0 Å². The first-order chi connectivity index (χ1) is 11.1. The zero-order valence-corrected chi connectivity index (χ0v) is 13.3. The van der Waals surface area contributed by atoms with Crippen molar-refractivity contribution in [1.29, 1.82) is 0 Å². The third kappa shape index (κ3) is 3.37. The summed E-state index contributed by atoms with van der Waals surface area (Å²) in [6.07, 6.45) is 2.16. The molecule has 1 fully saturated rings. The van der Waals surface area contributed by atoms with Gasteiger partial charge in [0.1, 0.15) is 5.82 Å². The number of hydrogen-bond donors (Lipinski definition) is 2. The van der Waals surface area contributed by atoms with Crippen LogP contribution in [0.4, 0.5) is 10.1 Å². The summed E-state index contributed by atoms with van der Waals surface area (Å²) in [7, 11) is 0. The smallest absolute Gasteiger partial charge is 0.229 e. The Labute approximate surface area is 135 Å². The molecule has 2 N–H and O–H groups in total. The predicted molar refractivity (Wildman–Crippen MR) is 85.4 cm³/mol. The topological polar surface area (TPSA) is 61.4 Å². The van der Waals surface area contributed by atoms with Gasteiger partial charge in [-0.1, -0.05) is 6.07 Å². The Bertz CT molecular complexity index is 633. The van der Waals surface area contributed by atoms with E-state index < -0.39 is 0 Å². The van der Waals surface area contributed by atoms with E-state index in [1.807, 2.05) is 6.07 Å². The molecule has 2 heterocycles. The first-order valence-electron chi connectivity index (χ1n) is 8.13. The molecule has 2 aliphatic heterocycles. The van der Waals surface area contributed by atoms with Crippen molar-refractivity contribution in [3.63, 3.8) is 0 Å². The minimum absolute atomic E-state index is 0.0186. The molecule has 0 saturated carbocycles. The lowest BCUT2D eigenvalue weighted by Crippen LogP contribution is -2.42. The monoisotopic (exact) mass is 319 g/mol. The summed E-state index contributed by atoms with van der Waals surface area (Å²) in [5.74, 6) is -0.819. The molecule has 0 aromatic heterocycles. The second-order valence-electron chi connectivity index (χ2n) is 6.28. The lowest BCUT2D eigenvalue weighted by Gasteiger charge is -2.31. The predicted octanol–water partition coefficient (Wildman–Crippen LogP) is 1.67. The largest absolute Gasteiger partial charge is 0.342 e. The van der Waals surface area contributed by atoms with E-state index in [4.69, 9.17) is 0 Å².